The minimum absolute atomic E-state index is 0.154. The zero-order chi connectivity index (χ0) is 19.9. The molecule has 1 spiro atoms. The topological polar surface area (TPSA) is 91.2 Å². The predicted molar refractivity (Wildman–Crippen MR) is 104 cm³/mol. The highest BCUT2D eigenvalue weighted by molar-refractivity contribution is 6.08. The number of carbonyl (C=O) groups is 3. The maximum Gasteiger partial charge on any atom is 0.325 e. The van der Waals surface area contributed by atoms with Gasteiger partial charge in [0.1, 0.15) is 11.4 Å². The van der Waals surface area contributed by atoms with E-state index in [0.29, 0.717) is 29.6 Å². The first-order valence-corrected chi connectivity index (χ1v) is 9.82. The lowest BCUT2D eigenvalue weighted by molar-refractivity contribution is -0.132. The minimum atomic E-state index is -0.728. The molecule has 0 atom stereocenters. The third kappa shape index (κ3) is 3.15. The van der Waals surface area contributed by atoms with Crippen LogP contribution < -0.4 is 15.9 Å². The fraction of sp³-hybridized carbons (Fsp3) is 0.476. The lowest BCUT2D eigenvalue weighted by Crippen LogP contribution is -2.48. The molecule has 1 saturated carbocycles. The number of amides is 4. The molecule has 1 aliphatic carbocycles. The number of amidine groups is 1. The SMILES string of the molecule is CC(C)=c1ccc2c(c1)C(=O)N=C(CCN1C(=O)NC3(CCCCC3)C1=O)N=2. The lowest BCUT2D eigenvalue weighted by atomic mass is 9.82. The molecule has 2 heterocycles. The van der Waals surface area contributed by atoms with Crippen molar-refractivity contribution in [2.45, 2.75) is 57.9 Å². The van der Waals surface area contributed by atoms with Crippen molar-refractivity contribution < 1.29 is 14.4 Å². The Balaban J connectivity index is 1.52. The van der Waals surface area contributed by atoms with Crippen LogP contribution in [-0.4, -0.2) is 40.7 Å². The summed E-state index contributed by atoms with van der Waals surface area (Å²) in [4.78, 5) is 47.4. The van der Waals surface area contributed by atoms with E-state index < -0.39 is 5.54 Å². The van der Waals surface area contributed by atoms with Gasteiger partial charge in [-0.2, -0.15) is 4.99 Å². The summed E-state index contributed by atoms with van der Waals surface area (Å²) in [5, 5.41) is 4.46. The van der Waals surface area contributed by atoms with Gasteiger partial charge in [0.05, 0.1) is 10.9 Å². The molecule has 3 aliphatic rings. The number of nitrogens with zero attached hydrogens (tertiary/aromatic N) is 3. The van der Waals surface area contributed by atoms with E-state index in [1.807, 2.05) is 26.0 Å². The van der Waals surface area contributed by atoms with E-state index in [1.165, 1.54) is 4.90 Å². The Bertz CT molecular complexity index is 1010. The number of aliphatic imine (C=N–C) groups is 1. The van der Waals surface area contributed by atoms with Crippen LogP contribution in [0.25, 0.3) is 5.57 Å². The summed E-state index contributed by atoms with van der Waals surface area (Å²) in [5.41, 5.74) is 0.868. The van der Waals surface area contributed by atoms with Gasteiger partial charge in [-0.15, -0.1) is 0 Å². The van der Waals surface area contributed by atoms with Crippen LogP contribution in [0.3, 0.4) is 0 Å². The van der Waals surface area contributed by atoms with E-state index in [2.05, 4.69) is 15.3 Å². The molecular weight excluding hydrogens is 356 g/mol. The van der Waals surface area contributed by atoms with Gasteiger partial charge in [-0.3, -0.25) is 14.5 Å². The number of urea groups is 1. The van der Waals surface area contributed by atoms with Gasteiger partial charge >= 0.3 is 6.03 Å². The van der Waals surface area contributed by atoms with Crippen LogP contribution in [0.2, 0.25) is 0 Å². The molecule has 28 heavy (non-hydrogen) atoms. The van der Waals surface area contributed by atoms with Crippen LogP contribution in [0.1, 0.15) is 62.7 Å². The molecule has 0 radical (unpaired) electrons. The van der Waals surface area contributed by atoms with Gasteiger partial charge in [-0.05, 0) is 44.0 Å². The fourth-order valence-electron chi connectivity index (χ4n) is 4.15. The Morgan fingerprint density at radius 3 is 2.57 bits per heavy atom. The van der Waals surface area contributed by atoms with Crippen LogP contribution in [-0.2, 0) is 4.79 Å². The summed E-state index contributed by atoms with van der Waals surface area (Å²) in [6, 6.07) is 5.20. The Hall–Kier alpha value is -2.83. The monoisotopic (exact) mass is 380 g/mol. The van der Waals surface area contributed by atoms with Gasteiger partial charge in [0.15, 0.2) is 0 Å². The van der Waals surface area contributed by atoms with Crippen LogP contribution in [0.5, 0.6) is 0 Å². The van der Waals surface area contributed by atoms with E-state index in [0.717, 1.165) is 30.1 Å². The van der Waals surface area contributed by atoms with Gasteiger partial charge in [0.2, 0.25) is 0 Å². The molecule has 1 aromatic carbocycles. The number of hydrogen-bond donors (Lipinski definition) is 1. The van der Waals surface area contributed by atoms with Crippen molar-refractivity contribution in [1.29, 1.82) is 0 Å². The third-order valence-electron chi connectivity index (χ3n) is 5.80. The molecule has 146 valence electrons. The molecule has 4 rings (SSSR count). The smallest absolute Gasteiger partial charge is 0.323 e. The minimum Gasteiger partial charge on any atom is -0.323 e. The number of rotatable bonds is 3. The average molecular weight is 380 g/mol. The third-order valence-corrected chi connectivity index (χ3v) is 5.80. The van der Waals surface area contributed by atoms with E-state index in [4.69, 9.17) is 0 Å². The second-order valence-electron chi connectivity index (χ2n) is 7.96. The van der Waals surface area contributed by atoms with E-state index in [9.17, 15) is 14.4 Å². The first kappa shape index (κ1) is 18.5. The maximum atomic E-state index is 12.8. The molecule has 2 aliphatic heterocycles. The van der Waals surface area contributed by atoms with Crippen molar-refractivity contribution in [3.8, 4) is 0 Å². The van der Waals surface area contributed by atoms with E-state index >= 15 is 0 Å². The van der Waals surface area contributed by atoms with Crippen molar-refractivity contribution in [2.24, 2.45) is 9.98 Å². The lowest BCUT2D eigenvalue weighted by Gasteiger charge is -2.30. The largest absolute Gasteiger partial charge is 0.325 e. The molecule has 0 bridgehead atoms. The Morgan fingerprint density at radius 2 is 1.86 bits per heavy atom. The molecule has 1 aromatic rings. The number of nitrogens with one attached hydrogen (secondary N) is 1. The maximum absolute atomic E-state index is 12.8. The zero-order valence-corrected chi connectivity index (χ0v) is 16.2. The first-order valence-electron chi connectivity index (χ1n) is 9.82. The summed E-state index contributed by atoms with van der Waals surface area (Å²) >= 11 is 0. The second-order valence-corrected chi connectivity index (χ2v) is 7.96. The molecule has 7 heteroatoms. The average Bonchev–Trinajstić information content (AvgIpc) is 2.89. The number of fused-ring (bicyclic) bond motifs is 1. The second kappa shape index (κ2) is 6.96. The molecule has 4 amide bonds. The van der Waals surface area contributed by atoms with E-state index in [-0.39, 0.29) is 30.8 Å². The standard InChI is InChI=1S/C21H24N4O3/c1-13(2)14-6-7-16-15(12-14)18(26)23-17(22-16)8-11-25-19(27)21(24-20(25)28)9-4-3-5-10-21/h6-7,12H,3-5,8-11H2,1-2H3,(H,24,28). The number of hydrogen-bond acceptors (Lipinski definition) is 4. The number of carbonyl (C=O) groups excluding carboxylic acids is 3. The first-order chi connectivity index (χ1) is 13.4. The van der Waals surface area contributed by atoms with Crippen molar-refractivity contribution in [3.63, 3.8) is 0 Å². The summed E-state index contributed by atoms with van der Waals surface area (Å²) in [5.74, 6) is -0.129. The molecular formula is C21H24N4O3. The van der Waals surface area contributed by atoms with Gasteiger partial charge < -0.3 is 5.32 Å². The Kier molecular flexibility index (Phi) is 4.61. The van der Waals surface area contributed by atoms with Crippen LogP contribution >= 0.6 is 0 Å². The number of benzene rings is 1. The van der Waals surface area contributed by atoms with Crippen LogP contribution in [0.15, 0.2) is 28.2 Å². The van der Waals surface area contributed by atoms with E-state index in [1.54, 1.807) is 6.07 Å². The highest BCUT2D eigenvalue weighted by atomic mass is 16.2. The summed E-state index contributed by atoms with van der Waals surface area (Å²) in [7, 11) is 0. The molecule has 2 fully saturated rings. The zero-order valence-electron chi connectivity index (χ0n) is 16.2. The quantitative estimate of drug-likeness (QED) is 0.809. The van der Waals surface area contributed by atoms with Crippen molar-refractivity contribution in [1.82, 2.24) is 10.2 Å². The normalized spacial score (nSPS) is 20.6. The summed E-state index contributed by atoms with van der Waals surface area (Å²) in [6.45, 7) is 4.15. The van der Waals surface area contributed by atoms with Gasteiger partial charge in [0.25, 0.3) is 11.8 Å². The molecule has 1 saturated heterocycles. The summed E-state index contributed by atoms with van der Waals surface area (Å²) < 4.78 is 0. The molecule has 7 nitrogen and oxygen atoms in total. The predicted octanol–water partition coefficient (Wildman–Crippen LogP) is 1.69. The fourth-order valence-corrected chi connectivity index (χ4v) is 4.15. The Morgan fingerprint density at radius 1 is 1.11 bits per heavy atom. The van der Waals surface area contributed by atoms with Crippen molar-refractivity contribution >= 4 is 29.3 Å². The van der Waals surface area contributed by atoms with Crippen LogP contribution in [0.4, 0.5) is 4.79 Å². The summed E-state index contributed by atoms with van der Waals surface area (Å²) in [6.07, 6.45) is 4.65. The van der Waals surface area contributed by atoms with Crippen molar-refractivity contribution in [2.75, 3.05) is 6.54 Å². The van der Waals surface area contributed by atoms with Crippen LogP contribution in [0, 0.1) is 0 Å². The van der Waals surface area contributed by atoms with Gasteiger partial charge in [-0.1, -0.05) is 30.9 Å². The highest BCUT2D eigenvalue weighted by Gasteiger charge is 2.50. The molecule has 0 aromatic heterocycles. The Labute approximate surface area is 163 Å². The van der Waals surface area contributed by atoms with Gasteiger partial charge in [-0.25, -0.2) is 9.79 Å². The van der Waals surface area contributed by atoms with Gasteiger partial charge in [0, 0.05) is 13.0 Å². The number of imide groups is 1. The molecule has 0 unspecified atom stereocenters. The van der Waals surface area contributed by atoms with Crippen molar-refractivity contribution in [3.05, 3.63) is 34.3 Å². The molecule has 1 N–H and O–H groups in total. The highest BCUT2D eigenvalue weighted by Crippen LogP contribution is 2.33.